The van der Waals surface area contributed by atoms with Gasteiger partial charge >= 0.3 is 0 Å². The van der Waals surface area contributed by atoms with Crippen LogP contribution in [0.2, 0.25) is 0 Å². The van der Waals surface area contributed by atoms with Crippen LogP contribution in [0, 0.1) is 0 Å². The normalized spacial score (nSPS) is 12.9. The lowest BCUT2D eigenvalue weighted by atomic mass is 9.95. The van der Waals surface area contributed by atoms with Gasteiger partial charge in [0.2, 0.25) is 0 Å². The van der Waals surface area contributed by atoms with Crippen molar-refractivity contribution in [1.29, 1.82) is 0 Å². The topological polar surface area (TPSA) is 59.9 Å². The number of aryl methyl sites for hydroxylation is 1. The van der Waals surface area contributed by atoms with Crippen molar-refractivity contribution in [3.63, 3.8) is 0 Å². The molecule has 6 heteroatoms. The molecule has 0 aliphatic heterocycles. The van der Waals surface area contributed by atoms with E-state index in [2.05, 4.69) is 11.9 Å². The first kappa shape index (κ1) is 21.8. The number of hydrogen-bond acceptors (Lipinski definition) is 5. The molecule has 1 amide bonds. The Morgan fingerprint density at radius 1 is 1.16 bits per heavy atom. The van der Waals surface area contributed by atoms with Crippen LogP contribution in [-0.4, -0.2) is 25.8 Å². The zero-order valence-corrected chi connectivity index (χ0v) is 18.9. The number of thiophene rings is 1. The second-order valence-electron chi connectivity index (χ2n) is 7.48. The first-order valence-corrected chi connectivity index (χ1v) is 11.5. The van der Waals surface area contributed by atoms with E-state index in [1.165, 1.54) is 4.88 Å². The van der Waals surface area contributed by atoms with Crippen LogP contribution in [-0.2, 0) is 12.8 Å². The van der Waals surface area contributed by atoms with E-state index >= 15 is 0 Å². The molecule has 164 valence electrons. The van der Waals surface area contributed by atoms with Gasteiger partial charge in [0.1, 0.15) is 11.6 Å². The lowest BCUT2D eigenvalue weighted by Gasteiger charge is -2.12. The summed E-state index contributed by atoms with van der Waals surface area (Å²) in [7, 11) is 1.61. The molecule has 0 bridgehead atoms. The van der Waals surface area contributed by atoms with Gasteiger partial charge in [-0.2, -0.15) is 0 Å². The maximum atomic E-state index is 13.2. The second kappa shape index (κ2) is 10.3. The lowest BCUT2D eigenvalue weighted by molar-refractivity contribution is 0.102. The SMILES string of the molecule is C=CCOc1ccc(C=Nc2sc3c(c2C(=O)Nc2ccccc2)CCCC3)cc1OC. The van der Waals surface area contributed by atoms with Gasteiger partial charge in [-0.1, -0.05) is 30.9 Å². The number of fused-ring (bicyclic) bond motifs is 1. The first-order chi connectivity index (χ1) is 15.7. The van der Waals surface area contributed by atoms with Crippen molar-refractivity contribution in [3.05, 3.63) is 82.8 Å². The molecule has 1 heterocycles. The van der Waals surface area contributed by atoms with E-state index in [1.54, 1.807) is 30.7 Å². The molecule has 1 aliphatic rings. The van der Waals surface area contributed by atoms with E-state index in [4.69, 9.17) is 14.5 Å². The van der Waals surface area contributed by atoms with Crippen molar-refractivity contribution >= 4 is 34.1 Å². The number of rotatable bonds is 8. The minimum Gasteiger partial charge on any atom is -0.493 e. The third-order valence-corrected chi connectivity index (χ3v) is 6.49. The Labute approximate surface area is 192 Å². The highest BCUT2D eigenvalue weighted by molar-refractivity contribution is 7.16. The highest BCUT2D eigenvalue weighted by Crippen LogP contribution is 2.40. The van der Waals surface area contributed by atoms with Gasteiger partial charge in [-0.05, 0) is 67.1 Å². The first-order valence-electron chi connectivity index (χ1n) is 10.7. The molecule has 0 saturated carbocycles. The number of nitrogens with one attached hydrogen (secondary N) is 1. The fraction of sp³-hybridized carbons (Fsp3) is 0.231. The second-order valence-corrected chi connectivity index (χ2v) is 8.56. The number of amides is 1. The van der Waals surface area contributed by atoms with E-state index < -0.39 is 0 Å². The van der Waals surface area contributed by atoms with E-state index in [0.717, 1.165) is 47.5 Å². The number of para-hydroxylation sites is 1. The van der Waals surface area contributed by atoms with Gasteiger partial charge in [0.05, 0.1) is 12.7 Å². The lowest BCUT2D eigenvalue weighted by Crippen LogP contribution is -2.14. The zero-order valence-electron chi connectivity index (χ0n) is 18.1. The Morgan fingerprint density at radius 3 is 2.75 bits per heavy atom. The van der Waals surface area contributed by atoms with Crippen LogP contribution in [0.3, 0.4) is 0 Å². The predicted octanol–water partition coefficient (Wildman–Crippen LogP) is 6.20. The predicted molar refractivity (Wildman–Crippen MR) is 131 cm³/mol. The molecule has 0 radical (unpaired) electrons. The van der Waals surface area contributed by atoms with Crippen LogP contribution in [0.5, 0.6) is 11.5 Å². The molecule has 0 unspecified atom stereocenters. The Bertz CT molecular complexity index is 1140. The summed E-state index contributed by atoms with van der Waals surface area (Å²) in [6.07, 6.45) is 7.64. The number of anilines is 1. The van der Waals surface area contributed by atoms with Gasteiger partial charge in [0.15, 0.2) is 11.5 Å². The Balaban J connectivity index is 1.63. The Kier molecular flexibility index (Phi) is 7.02. The Morgan fingerprint density at radius 2 is 1.97 bits per heavy atom. The molecule has 0 saturated heterocycles. The standard InChI is InChI=1S/C26H26N2O3S/c1-3-15-31-21-14-13-18(16-22(21)30-2)17-27-26-24(20-11-7-8-12-23(20)32-26)25(29)28-19-9-5-4-6-10-19/h3-6,9-10,13-14,16-17H,1,7-8,11-12,15H2,2H3,(H,28,29). The molecule has 3 aromatic rings. The summed E-state index contributed by atoms with van der Waals surface area (Å²) in [4.78, 5) is 19.2. The summed E-state index contributed by atoms with van der Waals surface area (Å²) in [6, 6.07) is 15.2. The summed E-state index contributed by atoms with van der Waals surface area (Å²) in [5.74, 6) is 1.18. The average Bonchev–Trinajstić information content (AvgIpc) is 3.20. The van der Waals surface area contributed by atoms with Crippen LogP contribution >= 0.6 is 11.3 Å². The van der Waals surface area contributed by atoms with Crippen molar-refractivity contribution in [2.24, 2.45) is 4.99 Å². The average molecular weight is 447 g/mol. The zero-order chi connectivity index (χ0) is 22.3. The number of ether oxygens (including phenoxy) is 2. The number of carbonyl (C=O) groups is 1. The van der Waals surface area contributed by atoms with Crippen molar-refractivity contribution < 1.29 is 14.3 Å². The summed E-state index contributed by atoms with van der Waals surface area (Å²) in [6.45, 7) is 4.08. The van der Waals surface area contributed by atoms with Crippen LogP contribution in [0.15, 0.2) is 66.2 Å². The van der Waals surface area contributed by atoms with E-state index in [-0.39, 0.29) is 5.91 Å². The fourth-order valence-electron chi connectivity index (χ4n) is 3.76. The third-order valence-electron chi connectivity index (χ3n) is 5.29. The smallest absolute Gasteiger partial charge is 0.259 e. The number of nitrogens with zero attached hydrogens (tertiary/aromatic N) is 1. The van der Waals surface area contributed by atoms with Gasteiger partial charge in [-0.25, -0.2) is 4.99 Å². The highest BCUT2D eigenvalue weighted by atomic mass is 32.1. The molecule has 0 spiro atoms. The number of benzene rings is 2. The molecule has 32 heavy (non-hydrogen) atoms. The number of hydrogen-bond donors (Lipinski definition) is 1. The molecule has 1 aliphatic carbocycles. The molecule has 2 aromatic carbocycles. The van der Waals surface area contributed by atoms with E-state index in [0.29, 0.717) is 23.7 Å². The number of carbonyl (C=O) groups excluding carboxylic acids is 1. The maximum Gasteiger partial charge on any atom is 0.259 e. The van der Waals surface area contributed by atoms with E-state index in [9.17, 15) is 4.79 Å². The third kappa shape index (κ3) is 4.92. The van der Waals surface area contributed by atoms with Gasteiger partial charge in [-0.15, -0.1) is 11.3 Å². The molecule has 5 nitrogen and oxygen atoms in total. The van der Waals surface area contributed by atoms with Crippen LogP contribution in [0.4, 0.5) is 10.7 Å². The molecular formula is C26H26N2O3S. The molecular weight excluding hydrogens is 420 g/mol. The van der Waals surface area contributed by atoms with Crippen LogP contribution in [0.1, 0.15) is 39.2 Å². The minimum absolute atomic E-state index is 0.103. The molecule has 1 N–H and O–H groups in total. The summed E-state index contributed by atoms with van der Waals surface area (Å²) < 4.78 is 11.1. The highest BCUT2D eigenvalue weighted by Gasteiger charge is 2.25. The number of methoxy groups -OCH3 is 1. The van der Waals surface area contributed by atoms with Gasteiger partial charge in [-0.3, -0.25) is 4.79 Å². The largest absolute Gasteiger partial charge is 0.493 e. The quantitative estimate of drug-likeness (QED) is 0.331. The monoisotopic (exact) mass is 446 g/mol. The summed E-state index contributed by atoms with van der Waals surface area (Å²) in [5.41, 5.74) is 3.49. The molecule has 0 fully saturated rings. The van der Waals surface area contributed by atoms with Crippen molar-refractivity contribution in [1.82, 2.24) is 0 Å². The van der Waals surface area contributed by atoms with Crippen molar-refractivity contribution in [2.75, 3.05) is 19.0 Å². The van der Waals surface area contributed by atoms with Gasteiger partial charge in [0, 0.05) is 16.8 Å². The summed E-state index contributed by atoms with van der Waals surface area (Å²) in [5, 5.41) is 3.77. The molecule has 0 atom stereocenters. The van der Waals surface area contributed by atoms with Crippen LogP contribution in [0.25, 0.3) is 0 Å². The van der Waals surface area contributed by atoms with Gasteiger partial charge in [0.25, 0.3) is 5.91 Å². The number of aliphatic imine (C=N–C) groups is 1. The van der Waals surface area contributed by atoms with E-state index in [1.807, 2.05) is 48.5 Å². The minimum atomic E-state index is -0.103. The molecule has 1 aromatic heterocycles. The van der Waals surface area contributed by atoms with Crippen LogP contribution < -0.4 is 14.8 Å². The Hall–Kier alpha value is -3.38. The maximum absolute atomic E-state index is 13.2. The summed E-state index contributed by atoms with van der Waals surface area (Å²) >= 11 is 1.62. The van der Waals surface area contributed by atoms with Crippen molar-refractivity contribution in [2.45, 2.75) is 25.7 Å². The fourth-order valence-corrected chi connectivity index (χ4v) is 4.99. The van der Waals surface area contributed by atoms with Crippen molar-refractivity contribution in [3.8, 4) is 11.5 Å². The van der Waals surface area contributed by atoms with Gasteiger partial charge < -0.3 is 14.8 Å². The molecule has 4 rings (SSSR count).